The molecule has 0 heterocycles. The third-order valence-corrected chi connectivity index (χ3v) is 2.15. The van der Waals surface area contributed by atoms with Gasteiger partial charge in [0, 0.05) is 16.9 Å². The van der Waals surface area contributed by atoms with Crippen LogP contribution in [0, 0.1) is 0 Å². The Labute approximate surface area is 99.2 Å². The normalized spacial score (nSPS) is 11.2. The van der Waals surface area contributed by atoms with Crippen molar-refractivity contribution in [2.24, 2.45) is 0 Å². The highest BCUT2D eigenvalue weighted by Crippen LogP contribution is 2.23. The number of rotatable bonds is 3. The molecule has 0 aliphatic carbocycles. The molecular formula is C12H16BrNO. The highest BCUT2D eigenvalue weighted by atomic mass is 79.9. The first kappa shape index (κ1) is 12.2. The number of alkyl halides is 1. The second kappa shape index (κ2) is 4.79. The summed E-state index contributed by atoms with van der Waals surface area (Å²) in [5, 5.41) is 2.78. The van der Waals surface area contributed by atoms with Crippen LogP contribution < -0.4 is 5.32 Å². The lowest BCUT2D eigenvalue weighted by atomic mass is 10.0. The molecule has 2 nitrogen and oxygen atoms in total. The van der Waals surface area contributed by atoms with Crippen LogP contribution in [0.2, 0.25) is 0 Å². The predicted octanol–water partition coefficient (Wildman–Crippen LogP) is 3.36. The molecule has 1 amide bonds. The molecule has 0 unspecified atom stereocenters. The largest absolute Gasteiger partial charge is 0.326 e. The van der Waals surface area contributed by atoms with E-state index in [4.69, 9.17) is 0 Å². The Bertz CT molecular complexity index is 355. The molecule has 0 aliphatic heterocycles. The summed E-state index contributed by atoms with van der Waals surface area (Å²) in [4.78, 5) is 10.9. The van der Waals surface area contributed by atoms with Crippen LogP contribution in [0.25, 0.3) is 0 Å². The molecule has 0 saturated heterocycles. The standard InChI is InChI=1S/C12H16BrNO/c1-9(15)14-11-6-4-5-10(7-11)8-12(2,3)13/h4-7H,8H2,1-3H3,(H,14,15). The van der Waals surface area contributed by atoms with Gasteiger partial charge in [-0.25, -0.2) is 0 Å². The van der Waals surface area contributed by atoms with Gasteiger partial charge in [-0.1, -0.05) is 28.1 Å². The van der Waals surface area contributed by atoms with Gasteiger partial charge in [-0.3, -0.25) is 4.79 Å². The molecule has 0 radical (unpaired) electrons. The maximum atomic E-state index is 10.9. The lowest BCUT2D eigenvalue weighted by Gasteiger charge is -2.16. The first-order chi connectivity index (χ1) is 6.87. The number of hydrogen-bond donors (Lipinski definition) is 1. The van der Waals surface area contributed by atoms with Crippen molar-refractivity contribution in [3.05, 3.63) is 29.8 Å². The van der Waals surface area contributed by atoms with Crippen molar-refractivity contribution in [1.29, 1.82) is 0 Å². The number of carbonyl (C=O) groups excluding carboxylic acids is 1. The van der Waals surface area contributed by atoms with E-state index in [0.29, 0.717) is 0 Å². The summed E-state index contributed by atoms with van der Waals surface area (Å²) >= 11 is 3.60. The fourth-order valence-corrected chi connectivity index (χ4v) is 1.77. The van der Waals surface area contributed by atoms with Crippen LogP contribution in [-0.2, 0) is 11.2 Å². The van der Waals surface area contributed by atoms with Gasteiger partial charge in [0.05, 0.1) is 0 Å². The van der Waals surface area contributed by atoms with Gasteiger partial charge in [-0.05, 0) is 38.0 Å². The Hall–Kier alpha value is -0.830. The molecular weight excluding hydrogens is 254 g/mol. The van der Waals surface area contributed by atoms with E-state index in [9.17, 15) is 4.79 Å². The third-order valence-electron chi connectivity index (χ3n) is 1.87. The maximum Gasteiger partial charge on any atom is 0.221 e. The highest BCUT2D eigenvalue weighted by Gasteiger charge is 2.13. The molecule has 1 aromatic carbocycles. The van der Waals surface area contributed by atoms with Crippen LogP contribution in [-0.4, -0.2) is 10.2 Å². The number of anilines is 1. The summed E-state index contributed by atoms with van der Waals surface area (Å²) in [6.45, 7) is 5.76. The molecule has 0 atom stereocenters. The Morgan fingerprint density at radius 3 is 2.67 bits per heavy atom. The molecule has 0 aromatic heterocycles. The van der Waals surface area contributed by atoms with Gasteiger partial charge in [-0.15, -0.1) is 0 Å². The smallest absolute Gasteiger partial charge is 0.221 e. The molecule has 82 valence electrons. The van der Waals surface area contributed by atoms with E-state index in [1.165, 1.54) is 12.5 Å². The molecule has 1 rings (SSSR count). The van der Waals surface area contributed by atoms with Gasteiger partial charge >= 0.3 is 0 Å². The van der Waals surface area contributed by atoms with Crippen LogP contribution in [0.1, 0.15) is 26.3 Å². The lowest BCUT2D eigenvalue weighted by molar-refractivity contribution is -0.114. The van der Waals surface area contributed by atoms with Gasteiger partial charge in [0.2, 0.25) is 5.91 Å². The lowest BCUT2D eigenvalue weighted by Crippen LogP contribution is -2.13. The van der Waals surface area contributed by atoms with E-state index < -0.39 is 0 Å². The van der Waals surface area contributed by atoms with Crippen molar-refractivity contribution in [1.82, 2.24) is 0 Å². The topological polar surface area (TPSA) is 29.1 Å². The minimum absolute atomic E-state index is 0.0368. The van der Waals surface area contributed by atoms with Crippen molar-refractivity contribution in [3.8, 4) is 0 Å². The van der Waals surface area contributed by atoms with E-state index >= 15 is 0 Å². The Balaban J connectivity index is 2.79. The summed E-state index contributed by atoms with van der Waals surface area (Å²) in [5.74, 6) is -0.0368. The minimum atomic E-state index is -0.0368. The SMILES string of the molecule is CC(=O)Nc1cccc(CC(C)(C)Br)c1. The molecule has 0 saturated carbocycles. The second-order valence-electron chi connectivity index (χ2n) is 4.28. The summed E-state index contributed by atoms with van der Waals surface area (Å²) in [7, 11) is 0. The zero-order chi connectivity index (χ0) is 11.5. The van der Waals surface area contributed by atoms with E-state index in [1.807, 2.05) is 18.2 Å². The molecule has 3 heteroatoms. The third kappa shape index (κ3) is 4.98. The Morgan fingerprint density at radius 1 is 1.47 bits per heavy atom. The average Bonchev–Trinajstić information content (AvgIpc) is 1.99. The summed E-state index contributed by atoms with van der Waals surface area (Å²) < 4.78 is 0.0852. The quantitative estimate of drug-likeness (QED) is 0.838. The van der Waals surface area contributed by atoms with E-state index in [0.717, 1.165) is 12.1 Å². The van der Waals surface area contributed by atoms with Gasteiger partial charge < -0.3 is 5.32 Å². The molecule has 1 aromatic rings. The number of hydrogen-bond acceptors (Lipinski definition) is 1. The number of benzene rings is 1. The molecule has 0 bridgehead atoms. The number of amides is 1. The first-order valence-corrected chi connectivity index (χ1v) is 5.71. The molecule has 1 N–H and O–H groups in total. The van der Waals surface area contributed by atoms with Gasteiger partial charge in [0.1, 0.15) is 0 Å². The molecule has 0 spiro atoms. The Morgan fingerprint density at radius 2 is 2.13 bits per heavy atom. The minimum Gasteiger partial charge on any atom is -0.326 e. The Kier molecular flexibility index (Phi) is 3.91. The van der Waals surface area contributed by atoms with Crippen molar-refractivity contribution in [2.75, 3.05) is 5.32 Å². The summed E-state index contributed by atoms with van der Waals surface area (Å²) in [5.41, 5.74) is 2.07. The monoisotopic (exact) mass is 269 g/mol. The first-order valence-electron chi connectivity index (χ1n) is 4.92. The summed E-state index contributed by atoms with van der Waals surface area (Å²) in [6, 6.07) is 7.92. The van der Waals surface area contributed by atoms with E-state index in [-0.39, 0.29) is 10.2 Å². The van der Waals surface area contributed by atoms with Crippen molar-refractivity contribution >= 4 is 27.5 Å². The van der Waals surface area contributed by atoms with Gasteiger partial charge in [0.15, 0.2) is 0 Å². The molecule has 0 aliphatic rings. The van der Waals surface area contributed by atoms with Crippen LogP contribution in [0.4, 0.5) is 5.69 Å². The van der Waals surface area contributed by atoms with Gasteiger partial charge in [0.25, 0.3) is 0 Å². The number of halogens is 1. The van der Waals surface area contributed by atoms with Crippen molar-refractivity contribution in [3.63, 3.8) is 0 Å². The van der Waals surface area contributed by atoms with E-state index in [2.05, 4.69) is 41.2 Å². The van der Waals surface area contributed by atoms with Crippen LogP contribution in [0.5, 0.6) is 0 Å². The molecule has 15 heavy (non-hydrogen) atoms. The zero-order valence-corrected chi connectivity index (χ0v) is 10.9. The second-order valence-corrected chi connectivity index (χ2v) is 6.42. The molecule has 0 fully saturated rings. The van der Waals surface area contributed by atoms with Crippen LogP contribution >= 0.6 is 15.9 Å². The summed E-state index contributed by atoms with van der Waals surface area (Å²) in [6.07, 6.45) is 0.931. The average molecular weight is 270 g/mol. The highest BCUT2D eigenvalue weighted by molar-refractivity contribution is 9.10. The van der Waals surface area contributed by atoms with Crippen LogP contribution in [0.15, 0.2) is 24.3 Å². The number of carbonyl (C=O) groups is 1. The van der Waals surface area contributed by atoms with Gasteiger partial charge in [-0.2, -0.15) is 0 Å². The van der Waals surface area contributed by atoms with Crippen LogP contribution in [0.3, 0.4) is 0 Å². The zero-order valence-electron chi connectivity index (χ0n) is 9.30. The van der Waals surface area contributed by atoms with Crippen molar-refractivity contribution < 1.29 is 4.79 Å². The fourth-order valence-electron chi connectivity index (χ4n) is 1.45. The van der Waals surface area contributed by atoms with E-state index in [1.54, 1.807) is 0 Å². The van der Waals surface area contributed by atoms with Crippen molar-refractivity contribution in [2.45, 2.75) is 31.5 Å². The maximum absolute atomic E-state index is 10.9. The number of nitrogens with one attached hydrogen (secondary N) is 1. The fraction of sp³-hybridized carbons (Fsp3) is 0.417. The predicted molar refractivity (Wildman–Crippen MR) is 67.5 cm³/mol.